The predicted molar refractivity (Wildman–Crippen MR) is 36.5 cm³/mol. The summed E-state index contributed by atoms with van der Waals surface area (Å²) in [7, 11) is 0. The van der Waals surface area contributed by atoms with Crippen molar-refractivity contribution >= 4 is 0 Å². The van der Waals surface area contributed by atoms with Crippen molar-refractivity contribution in [2.24, 2.45) is 0 Å². The average Bonchev–Trinajstić information content (AvgIpc) is 2.34. The standard InChI is InChI=1S/C7H12O3/c1-3-6(8)7-4-9-5(2)10-7/h3,5-8H,1,4H2,2H3/t5?,6?,7-/m0/s1. The predicted octanol–water partition coefficient (Wildman–Crippen LogP) is 0.295. The van der Waals surface area contributed by atoms with E-state index in [9.17, 15) is 0 Å². The van der Waals surface area contributed by atoms with Crippen LogP contribution in [0.1, 0.15) is 6.92 Å². The minimum atomic E-state index is -0.607. The highest BCUT2D eigenvalue weighted by molar-refractivity contribution is 4.86. The Morgan fingerprint density at radius 2 is 2.50 bits per heavy atom. The van der Waals surface area contributed by atoms with Gasteiger partial charge in [-0.2, -0.15) is 0 Å². The molecule has 0 aromatic rings. The summed E-state index contributed by atoms with van der Waals surface area (Å²) in [5, 5.41) is 9.15. The fourth-order valence-electron chi connectivity index (χ4n) is 0.886. The molecule has 0 spiro atoms. The lowest BCUT2D eigenvalue weighted by Crippen LogP contribution is -2.26. The second-order valence-electron chi connectivity index (χ2n) is 2.30. The summed E-state index contributed by atoms with van der Waals surface area (Å²) < 4.78 is 10.2. The molecule has 3 atom stereocenters. The molecule has 0 aromatic carbocycles. The maximum absolute atomic E-state index is 9.15. The quantitative estimate of drug-likeness (QED) is 0.566. The third-order valence-corrected chi connectivity index (χ3v) is 1.48. The van der Waals surface area contributed by atoms with Crippen molar-refractivity contribution in [1.29, 1.82) is 0 Å². The van der Waals surface area contributed by atoms with E-state index in [2.05, 4.69) is 6.58 Å². The molecular formula is C7H12O3. The molecule has 1 heterocycles. The number of hydrogen-bond acceptors (Lipinski definition) is 3. The molecular weight excluding hydrogens is 132 g/mol. The first-order valence-corrected chi connectivity index (χ1v) is 3.31. The van der Waals surface area contributed by atoms with Crippen LogP contribution in [0.15, 0.2) is 12.7 Å². The Balaban J connectivity index is 2.36. The molecule has 10 heavy (non-hydrogen) atoms. The molecule has 1 aliphatic heterocycles. The number of aliphatic hydroxyl groups is 1. The van der Waals surface area contributed by atoms with Gasteiger partial charge in [-0.05, 0) is 6.92 Å². The van der Waals surface area contributed by atoms with E-state index in [0.717, 1.165) is 0 Å². The van der Waals surface area contributed by atoms with E-state index in [1.807, 2.05) is 0 Å². The summed E-state index contributed by atoms with van der Waals surface area (Å²) in [4.78, 5) is 0. The van der Waals surface area contributed by atoms with E-state index in [1.54, 1.807) is 6.92 Å². The van der Waals surface area contributed by atoms with Crippen LogP contribution in [0.25, 0.3) is 0 Å². The third kappa shape index (κ3) is 1.56. The Hall–Kier alpha value is -0.380. The first kappa shape index (κ1) is 7.72. The number of rotatable bonds is 2. The topological polar surface area (TPSA) is 38.7 Å². The summed E-state index contributed by atoms with van der Waals surface area (Å²) in [5.74, 6) is 0. The van der Waals surface area contributed by atoms with Crippen LogP contribution < -0.4 is 0 Å². The van der Waals surface area contributed by atoms with Crippen LogP contribution in [-0.2, 0) is 9.47 Å². The highest BCUT2D eigenvalue weighted by Crippen LogP contribution is 2.13. The Bertz CT molecular complexity index is 124. The van der Waals surface area contributed by atoms with Gasteiger partial charge in [0.05, 0.1) is 6.61 Å². The second-order valence-corrected chi connectivity index (χ2v) is 2.30. The fraction of sp³-hybridized carbons (Fsp3) is 0.714. The van der Waals surface area contributed by atoms with E-state index in [4.69, 9.17) is 14.6 Å². The molecule has 1 fully saturated rings. The van der Waals surface area contributed by atoms with Crippen LogP contribution in [-0.4, -0.2) is 30.2 Å². The molecule has 1 rings (SSSR count). The smallest absolute Gasteiger partial charge is 0.155 e. The summed E-state index contributed by atoms with van der Waals surface area (Å²) >= 11 is 0. The van der Waals surface area contributed by atoms with Crippen molar-refractivity contribution in [2.75, 3.05) is 6.61 Å². The molecule has 3 heteroatoms. The van der Waals surface area contributed by atoms with Crippen LogP contribution in [0.2, 0.25) is 0 Å². The van der Waals surface area contributed by atoms with E-state index >= 15 is 0 Å². The van der Waals surface area contributed by atoms with Crippen LogP contribution in [0.5, 0.6) is 0 Å². The Labute approximate surface area is 60.3 Å². The van der Waals surface area contributed by atoms with Crippen molar-refractivity contribution in [1.82, 2.24) is 0 Å². The summed E-state index contributed by atoms with van der Waals surface area (Å²) in [6.45, 7) is 5.70. The van der Waals surface area contributed by atoms with E-state index in [1.165, 1.54) is 6.08 Å². The van der Waals surface area contributed by atoms with Crippen molar-refractivity contribution in [2.45, 2.75) is 25.4 Å². The van der Waals surface area contributed by atoms with Gasteiger partial charge in [0, 0.05) is 0 Å². The van der Waals surface area contributed by atoms with Crippen LogP contribution >= 0.6 is 0 Å². The molecule has 2 unspecified atom stereocenters. The molecule has 0 aliphatic carbocycles. The van der Waals surface area contributed by atoms with Crippen molar-refractivity contribution in [3.63, 3.8) is 0 Å². The Kier molecular flexibility index (Phi) is 2.43. The highest BCUT2D eigenvalue weighted by atomic mass is 16.7. The van der Waals surface area contributed by atoms with Crippen LogP contribution in [0.3, 0.4) is 0 Å². The lowest BCUT2D eigenvalue weighted by atomic mass is 10.2. The summed E-state index contributed by atoms with van der Waals surface area (Å²) in [6.07, 6.45) is 0.420. The van der Waals surface area contributed by atoms with Gasteiger partial charge in [0.25, 0.3) is 0 Å². The molecule has 1 saturated heterocycles. The molecule has 0 amide bonds. The maximum atomic E-state index is 9.15. The molecule has 0 radical (unpaired) electrons. The molecule has 1 aliphatic rings. The Morgan fingerprint density at radius 1 is 1.80 bits per heavy atom. The normalized spacial score (nSPS) is 35.8. The molecule has 0 saturated carbocycles. The van der Waals surface area contributed by atoms with Crippen molar-refractivity contribution in [3.8, 4) is 0 Å². The van der Waals surface area contributed by atoms with Gasteiger partial charge in [0.15, 0.2) is 6.29 Å². The first-order valence-electron chi connectivity index (χ1n) is 3.31. The second kappa shape index (κ2) is 3.14. The number of aliphatic hydroxyl groups excluding tert-OH is 1. The van der Waals surface area contributed by atoms with Gasteiger partial charge in [0.1, 0.15) is 12.2 Å². The van der Waals surface area contributed by atoms with E-state index in [0.29, 0.717) is 6.61 Å². The minimum absolute atomic E-state index is 0.195. The largest absolute Gasteiger partial charge is 0.386 e. The zero-order valence-electron chi connectivity index (χ0n) is 5.99. The van der Waals surface area contributed by atoms with E-state index in [-0.39, 0.29) is 12.4 Å². The number of hydrogen-bond donors (Lipinski definition) is 1. The highest BCUT2D eigenvalue weighted by Gasteiger charge is 2.26. The van der Waals surface area contributed by atoms with Crippen molar-refractivity contribution < 1.29 is 14.6 Å². The SMILES string of the molecule is C=CC(O)[C@@H]1COC(C)O1. The Morgan fingerprint density at radius 3 is 2.90 bits per heavy atom. The molecule has 1 N–H and O–H groups in total. The first-order chi connectivity index (χ1) is 4.74. The van der Waals surface area contributed by atoms with Crippen LogP contribution in [0.4, 0.5) is 0 Å². The zero-order chi connectivity index (χ0) is 7.56. The molecule has 58 valence electrons. The van der Waals surface area contributed by atoms with Gasteiger partial charge in [-0.1, -0.05) is 6.08 Å². The summed E-state index contributed by atoms with van der Waals surface area (Å²) in [5.41, 5.74) is 0. The summed E-state index contributed by atoms with van der Waals surface area (Å²) in [6, 6.07) is 0. The minimum Gasteiger partial charge on any atom is -0.386 e. The van der Waals surface area contributed by atoms with Gasteiger partial charge in [0.2, 0.25) is 0 Å². The third-order valence-electron chi connectivity index (χ3n) is 1.48. The maximum Gasteiger partial charge on any atom is 0.155 e. The lowest BCUT2D eigenvalue weighted by molar-refractivity contribution is -0.0603. The van der Waals surface area contributed by atoms with Crippen LogP contribution in [0, 0.1) is 0 Å². The molecule has 0 aromatic heterocycles. The number of ether oxygens (including phenoxy) is 2. The molecule has 0 bridgehead atoms. The van der Waals surface area contributed by atoms with Gasteiger partial charge >= 0.3 is 0 Å². The fourth-order valence-corrected chi connectivity index (χ4v) is 0.886. The average molecular weight is 144 g/mol. The van der Waals surface area contributed by atoms with Crippen molar-refractivity contribution in [3.05, 3.63) is 12.7 Å². The van der Waals surface area contributed by atoms with E-state index < -0.39 is 6.10 Å². The van der Waals surface area contributed by atoms with Gasteiger partial charge < -0.3 is 14.6 Å². The zero-order valence-corrected chi connectivity index (χ0v) is 5.99. The monoisotopic (exact) mass is 144 g/mol. The van der Waals surface area contributed by atoms with Gasteiger partial charge in [-0.25, -0.2) is 0 Å². The van der Waals surface area contributed by atoms with Gasteiger partial charge in [-0.15, -0.1) is 6.58 Å². The molecule has 3 nitrogen and oxygen atoms in total. The van der Waals surface area contributed by atoms with Gasteiger partial charge in [-0.3, -0.25) is 0 Å². The lowest BCUT2D eigenvalue weighted by Gasteiger charge is -2.11.